The van der Waals surface area contributed by atoms with E-state index in [1.165, 1.54) is 0 Å². The highest BCUT2D eigenvalue weighted by Gasteiger charge is 1.94. The summed E-state index contributed by atoms with van der Waals surface area (Å²) in [5.41, 5.74) is 0. The van der Waals surface area contributed by atoms with E-state index in [4.69, 9.17) is 10.2 Å². The maximum Gasteiger partial charge on any atom is 0.117 e. The van der Waals surface area contributed by atoms with E-state index < -0.39 is 6.10 Å². The van der Waals surface area contributed by atoms with Crippen LogP contribution in [0.1, 0.15) is 13.3 Å². The molecular weight excluding hydrogens is 152 g/mol. The lowest BCUT2D eigenvalue weighted by Crippen LogP contribution is -2.04. The first-order valence-corrected chi connectivity index (χ1v) is 3.72. The Kier molecular flexibility index (Phi) is 7.08. The molecule has 64 valence electrons. The summed E-state index contributed by atoms with van der Waals surface area (Å²) in [6.45, 7) is 1.81. The van der Waals surface area contributed by atoms with E-state index in [9.17, 15) is 0 Å². The molecule has 0 aromatic carbocycles. The lowest BCUT2D eigenvalue weighted by molar-refractivity contribution is 0.177. The lowest BCUT2D eigenvalue weighted by Gasteiger charge is -1.95. The van der Waals surface area contributed by atoms with E-state index in [0.717, 1.165) is 0 Å². The van der Waals surface area contributed by atoms with Gasteiger partial charge in [-0.05, 0) is 24.8 Å². The average molecular weight is 164 g/mol. The molecule has 0 unspecified atom stereocenters. The van der Waals surface area contributed by atoms with Crippen molar-refractivity contribution in [2.75, 3.05) is 6.61 Å². The van der Waals surface area contributed by atoms with E-state index in [0.29, 0.717) is 0 Å². The minimum atomic E-state index is -0.769. The summed E-state index contributed by atoms with van der Waals surface area (Å²) in [4.78, 5) is 0. The molecule has 0 spiro atoms. The fraction of sp³-hybridized carbons (Fsp3) is 0.400. The summed E-state index contributed by atoms with van der Waals surface area (Å²) < 4.78 is 0. The number of aliphatic hydroxyl groups is 2. The van der Waals surface area contributed by atoms with Gasteiger partial charge in [0.05, 0.1) is 0 Å². The summed E-state index contributed by atoms with van der Waals surface area (Å²) in [5.74, 6) is 10.2. The van der Waals surface area contributed by atoms with Crippen LogP contribution < -0.4 is 0 Å². The Bertz CT molecular complexity index is 244. The summed E-state index contributed by atoms with van der Waals surface area (Å²) in [6, 6.07) is 0. The Balaban J connectivity index is 3.81. The molecule has 12 heavy (non-hydrogen) atoms. The molecule has 2 nitrogen and oxygen atoms in total. The number of allylic oxidation sites excluding steroid dienone is 2. The van der Waals surface area contributed by atoms with Crippen LogP contribution in [-0.2, 0) is 0 Å². The Morgan fingerprint density at radius 1 is 1.42 bits per heavy atom. The van der Waals surface area contributed by atoms with Gasteiger partial charge < -0.3 is 10.2 Å². The molecule has 0 saturated heterocycles. The normalized spacial score (nSPS) is 11.2. The van der Waals surface area contributed by atoms with Gasteiger partial charge in [0, 0.05) is 13.0 Å². The maximum absolute atomic E-state index is 8.99. The molecule has 0 radical (unpaired) electrons. The summed E-state index contributed by atoms with van der Waals surface area (Å²) >= 11 is 0. The van der Waals surface area contributed by atoms with Crippen LogP contribution in [0.5, 0.6) is 0 Å². The SMILES string of the molecule is CC=CC#CC#C[C@H](O)CCO. The van der Waals surface area contributed by atoms with Gasteiger partial charge in [-0.15, -0.1) is 0 Å². The van der Waals surface area contributed by atoms with Crippen LogP contribution in [0.4, 0.5) is 0 Å². The lowest BCUT2D eigenvalue weighted by atomic mass is 10.3. The highest BCUT2D eigenvalue weighted by molar-refractivity contribution is 5.31. The molecule has 0 rings (SSSR count). The summed E-state index contributed by atoms with van der Waals surface area (Å²) in [7, 11) is 0. The minimum Gasteiger partial charge on any atom is -0.396 e. The molecule has 0 aromatic rings. The maximum atomic E-state index is 8.99. The van der Waals surface area contributed by atoms with Crippen LogP contribution in [0.25, 0.3) is 0 Å². The molecule has 0 aliphatic rings. The third-order valence-electron chi connectivity index (χ3n) is 1.03. The Morgan fingerprint density at radius 2 is 2.17 bits per heavy atom. The smallest absolute Gasteiger partial charge is 0.117 e. The van der Waals surface area contributed by atoms with Crippen LogP contribution in [0.15, 0.2) is 12.2 Å². The average Bonchev–Trinajstić information content (AvgIpc) is 2.05. The minimum absolute atomic E-state index is 0.0574. The number of hydrogen-bond donors (Lipinski definition) is 2. The van der Waals surface area contributed by atoms with Crippen LogP contribution in [0, 0.1) is 23.7 Å². The van der Waals surface area contributed by atoms with Crippen LogP contribution in [-0.4, -0.2) is 22.9 Å². The second kappa shape index (κ2) is 7.88. The van der Waals surface area contributed by atoms with E-state index in [1.54, 1.807) is 12.2 Å². The van der Waals surface area contributed by atoms with Crippen molar-refractivity contribution in [2.24, 2.45) is 0 Å². The molecule has 0 heterocycles. The van der Waals surface area contributed by atoms with Gasteiger partial charge in [-0.3, -0.25) is 0 Å². The van der Waals surface area contributed by atoms with Crippen LogP contribution >= 0.6 is 0 Å². The van der Waals surface area contributed by atoms with Crippen molar-refractivity contribution in [3.05, 3.63) is 12.2 Å². The monoisotopic (exact) mass is 164 g/mol. The standard InChI is InChI=1S/C10H12O2/c1-2-3-4-5-6-7-10(12)8-9-11/h2-3,10-12H,8-9H2,1H3/t10-/m0/s1. The van der Waals surface area contributed by atoms with Crippen molar-refractivity contribution >= 4 is 0 Å². The molecule has 0 aliphatic heterocycles. The summed E-state index contributed by atoms with van der Waals surface area (Å²) in [5, 5.41) is 17.4. The van der Waals surface area contributed by atoms with Crippen LogP contribution in [0.3, 0.4) is 0 Å². The van der Waals surface area contributed by atoms with Crippen molar-refractivity contribution in [3.63, 3.8) is 0 Å². The van der Waals surface area contributed by atoms with Gasteiger partial charge in [-0.2, -0.15) is 0 Å². The largest absolute Gasteiger partial charge is 0.396 e. The Labute approximate surface area is 72.9 Å². The zero-order valence-corrected chi connectivity index (χ0v) is 7.04. The third kappa shape index (κ3) is 6.89. The number of rotatable bonds is 2. The zero-order chi connectivity index (χ0) is 9.23. The highest BCUT2D eigenvalue weighted by atomic mass is 16.3. The predicted molar refractivity (Wildman–Crippen MR) is 48.1 cm³/mol. The van der Waals surface area contributed by atoms with Gasteiger partial charge in [-0.1, -0.05) is 17.9 Å². The fourth-order valence-electron chi connectivity index (χ4n) is 0.475. The van der Waals surface area contributed by atoms with Crippen molar-refractivity contribution in [1.29, 1.82) is 0 Å². The van der Waals surface area contributed by atoms with Crippen molar-refractivity contribution in [1.82, 2.24) is 0 Å². The van der Waals surface area contributed by atoms with Gasteiger partial charge in [0.15, 0.2) is 0 Å². The van der Waals surface area contributed by atoms with E-state index in [1.807, 2.05) is 6.92 Å². The molecule has 0 amide bonds. The second-order valence-corrected chi connectivity index (χ2v) is 2.07. The number of aliphatic hydroxyl groups excluding tert-OH is 2. The predicted octanol–water partition coefficient (Wildman–Crippen LogP) is 0.313. The first-order valence-electron chi connectivity index (χ1n) is 3.72. The van der Waals surface area contributed by atoms with Gasteiger partial charge >= 0.3 is 0 Å². The van der Waals surface area contributed by atoms with E-state index >= 15 is 0 Å². The molecule has 0 aromatic heterocycles. The van der Waals surface area contributed by atoms with E-state index in [-0.39, 0.29) is 13.0 Å². The zero-order valence-electron chi connectivity index (χ0n) is 7.04. The Hall–Kier alpha value is -1.22. The number of hydrogen-bond acceptors (Lipinski definition) is 2. The van der Waals surface area contributed by atoms with Gasteiger partial charge in [0.25, 0.3) is 0 Å². The molecule has 1 atom stereocenters. The Morgan fingerprint density at radius 3 is 2.75 bits per heavy atom. The first-order chi connectivity index (χ1) is 5.81. The van der Waals surface area contributed by atoms with Crippen molar-refractivity contribution < 1.29 is 10.2 Å². The molecule has 0 fully saturated rings. The first kappa shape index (κ1) is 10.8. The van der Waals surface area contributed by atoms with Gasteiger partial charge in [0.1, 0.15) is 6.10 Å². The van der Waals surface area contributed by atoms with Gasteiger partial charge in [0.2, 0.25) is 0 Å². The quantitative estimate of drug-likeness (QED) is 0.577. The second-order valence-electron chi connectivity index (χ2n) is 2.07. The molecule has 0 aliphatic carbocycles. The molecule has 0 saturated carbocycles. The van der Waals surface area contributed by atoms with E-state index in [2.05, 4.69) is 23.7 Å². The van der Waals surface area contributed by atoms with Crippen molar-refractivity contribution in [2.45, 2.75) is 19.4 Å². The van der Waals surface area contributed by atoms with Gasteiger partial charge in [-0.25, -0.2) is 0 Å². The molecule has 2 heteroatoms. The third-order valence-corrected chi connectivity index (χ3v) is 1.03. The topological polar surface area (TPSA) is 40.5 Å². The molecular formula is C10H12O2. The van der Waals surface area contributed by atoms with Crippen LogP contribution in [0.2, 0.25) is 0 Å². The van der Waals surface area contributed by atoms with Crippen molar-refractivity contribution in [3.8, 4) is 23.7 Å². The molecule has 2 N–H and O–H groups in total. The highest BCUT2D eigenvalue weighted by Crippen LogP contribution is 1.85. The molecule has 0 bridgehead atoms. The fourth-order valence-corrected chi connectivity index (χ4v) is 0.475. The summed E-state index contributed by atoms with van der Waals surface area (Å²) in [6.07, 6.45) is 2.99.